The molecule has 0 aromatic heterocycles. The molecule has 6 nitrogen and oxygen atoms in total. The first-order valence-corrected chi connectivity index (χ1v) is 6.24. The Balaban J connectivity index is 3.51. The van der Waals surface area contributed by atoms with E-state index in [2.05, 4.69) is 29.6 Å². The SMILES string of the molecule is [CH2]C(CCOC(=O)OCC=C)CCOC(=O)OCC=C. The Bertz CT molecular complexity index is 283. The lowest BCUT2D eigenvalue weighted by molar-refractivity contribution is 0.0540. The van der Waals surface area contributed by atoms with Crippen molar-refractivity contribution in [2.45, 2.75) is 12.8 Å². The third kappa shape index (κ3) is 11.1. The van der Waals surface area contributed by atoms with E-state index in [-0.39, 0.29) is 32.3 Å². The van der Waals surface area contributed by atoms with Crippen LogP contribution in [0.3, 0.4) is 0 Å². The van der Waals surface area contributed by atoms with Gasteiger partial charge < -0.3 is 18.9 Å². The highest BCUT2D eigenvalue weighted by Gasteiger charge is 2.08. The average Bonchev–Trinajstić information content (AvgIpc) is 2.42. The fourth-order valence-corrected chi connectivity index (χ4v) is 1.10. The zero-order valence-electron chi connectivity index (χ0n) is 11.5. The topological polar surface area (TPSA) is 71.1 Å². The molecule has 0 fully saturated rings. The summed E-state index contributed by atoms with van der Waals surface area (Å²) in [5.74, 6) is -0.00518. The molecular weight excluding hydrogens is 264 g/mol. The van der Waals surface area contributed by atoms with Crippen LogP contribution in [0, 0.1) is 12.8 Å². The summed E-state index contributed by atoms with van der Waals surface area (Å²) in [6, 6.07) is 0. The van der Waals surface area contributed by atoms with Crippen LogP contribution in [-0.4, -0.2) is 38.7 Å². The Kier molecular flexibility index (Phi) is 10.9. The van der Waals surface area contributed by atoms with Crippen molar-refractivity contribution in [1.29, 1.82) is 0 Å². The minimum Gasteiger partial charge on any atom is -0.434 e. The van der Waals surface area contributed by atoms with Gasteiger partial charge >= 0.3 is 12.3 Å². The molecule has 20 heavy (non-hydrogen) atoms. The zero-order chi connectivity index (χ0) is 15.2. The molecule has 0 unspecified atom stereocenters. The third-order valence-corrected chi connectivity index (χ3v) is 2.13. The summed E-state index contributed by atoms with van der Waals surface area (Å²) in [5.41, 5.74) is 0. The third-order valence-electron chi connectivity index (χ3n) is 2.13. The van der Waals surface area contributed by atoms with Gasteiger partial charge in [0.05, 0.1) is 13.2 Å². The van der Waals surface area contributed by atoms with Crippen molar-refractivity contribution in [3.63, 3.8) is 0 Å². The van der Waals surface area contributed by atoms with Crippen LogP contribution in [0.5, 0.6) is 0 Å². The molecular formula is C14H21O6. The Labute approximate surface area is 119 Å². The summed E-state index contributed by atoms with van der Waals surface area (Å²) < 4.78 is 18.9. The van der Waals surface area contributed by atoms with Crippen LogP contribution < -0.4 is 0 Å². The smallest absolute Gasteiger partial charge is 0.434 e. The molecule has 0 atom stereocenters. The fourth-order valence-electron chi connectivity index (χ4n) is 1.10. The Morgan fingerprint density at radius 2 is 1.25 bits per heavy atom. The van der Waals surface area contributed by atoms with E-state index in [9.17, 15) is 9.59 Å². The van der Waals surface area contributed by atoms with E-state index in [1.54, 1.807) is 0 Å². The molecule has 0 aliphatic carbocycles. The molecule has 0 saturated heterocycles. The number of rotatable bonds is 10. The van der Waals surface area contributed by atoms with Crippen LogP contribution in [0.4, 0.5) is 9.59 Å². The minimum absolute atomic E-state index is 0.00518. The van der Waals surface area contributed by atoms with Crippen LogP contribution >= 0.6 is 0 Å². The van der Waals surface area contributed by atoms with Gasteiger partial charge in [0.25, 0.3) is 0 Å². The van der Waals surface area contributed by atoms with Gasteiger partial charge in [-0.3, -0.25) is 0 Å². The van der Waals surface area contributed by atoms with Crippen LogP contribution in [0.25, 0.3) is 0 Å². The van der Waals surface area contributed by atoms with Crippen molar-refractivity contribution in [2.24, 2.45) is 5.92 Å². The first kappa shape index (κ1) is 18.0. The summed E-state index contributed by atoms with van der Waals surface area (Å²) in [7, 11) is 0. The Hall–Kier alpha value is -1.98. The maximum Gasteiger partial charge on any atom is 0.508 e. The van der Waals surface area contributed by atoms with Crippen LogP contribution in [0.15, 0.2) is 25.3 Å². The molecule has 0 N–H and O–H groups in total. The highest BCUT2D eigenvalue weighted by Crippen LogP contribution is 2.07. The first-order chi connectivity index (χ1) is 9.60. The van der Waals surface area contributed by atoms with E-state index in [1.807, 2.05) is 0 Å². The van der Waals surface area contributed by atoms with E-state index in [0.29, 0.717) is 12.8 Å². The second-order valence-corrected chi connectivity index (χ2v) is 3.84. The quantitative estimate of drug-likeness (QED) is 0.454. The molecule has 1 radical (unpaired) electrons. The van der Waals surface area contributed by atoms with E-state index < -0.39 is 12.3 Å². The largest absolute Gasteiger partial charge is 0.508 e. The summed E-state index contributed by atoms with van der Waals surface area (Å²) in [6.45, 7) is 11.3. The standard InChI is InChI=1S/C14H21O6/c1-4-8-17-13(15)19-10-6-12(3)7-11-20-14(16)18-9-5-2/h4-5,12H,1-3,6-11H2. The lowest BCUT2D eigenvalue weighted by Crippen LogP contribution is -2.13. The van der Waals surface area contributed by atoms with Gasteiger partial charge in [0.2, 0.25) is 0 Å². The average molecular weight is 285 g/mol. The molecule has 6 heteroatoms. The minimum atomic E-state index is -0.735. The van der Waals surface area contributed by atoms with E-state index >= 15 is 0 Å². The second kappa shape index (κ2) is 12.1. The lowest BCUT2D eigenvalue weighted by atomic mass is 10.1. The van der Waals surface area contributed by atoms with Crippen molar-refractivity contribution in [3.8, 4) is 0 Å². The summed E-state index contributed by atoms with van der Waals surface area (Å²) in [6.07, 6.45) is 2.54. The Morgan fingerprint density at radius 1 is 0.850 bits per heavy atom. The monoisotopic (exact) mass is 285 g/mol. The van der Waals surface area contributed by atoms with E-state index in [1.165, 1.54) is 12.2 Å². The maximum atomic E-state index is 11.0. The molecule has 0 saturated carbocycles. The molecule has 0 aromatic rings. The second-order valence-electron chi connectivity index (χ2n) is 3.84. The molecule has 0 aromatic carbocycles. The van der Waals surface area contributed by atoms with Gasteiger partial charge in [-0.2, -0.15) is 0 Å². The molecule has 0 rings (SSSR count). The highest BCUT2D eigenvalue weighted by molar-refractivity contribution is 5.60. The normalized spacial score (nSPS) is 9.70. The number of carbonyl (C=O) groups excluding carboxylic acids is 2. The van der Waals surface area contributed by atoms with Crippen LogP contribution in [0.2, 0.25) is 0 Å². The molecule has 0 spiro atoms. The highest BCUT2D eigenvalue weighted by atomic mass is 16.7. The molecule has 0 amide bonds. The van der Waals surface area contributed by atoms with Crippen molar-refractivity contribution in [3.05, 3.63) is 32.2 Å². The fraction of sp³-hybridized carbons (Fsp3) is 0.500. The number of hydrogen-bond acceptors (Lipinski definition) is 6. The summed E-state index contributed by atoms with van der Waals surface area (Å²) in [5, 5.41) is 0. The van der Waals surface area contributed by atoms with Gasteiger partial charge in [-0.05, 0) is 25.7 Å². The van der Waals surface area contributed by atoms with Gasteiger partial charge in [0.15, 0.2) is 0 Å². The van der Waals surface area contributed by atoms with Gasteiger partial charge in [0.1, 0.15) is 13.2 Å². The number of carbonyl (C=O) groups is 2. The molecule has 0 bridgehead atoms. The number of hydrogen-bond donors (Lipinski definition) is 0. The lowest BCUT2D eigenvalue weighted by Gasteiger charge is -2.11. The van der Waals surface area contributed by atoms with Crippen molar-refractivity contribution in [1.82, 2.24) is 0 Å². The van der Waals surface area contributed by atoms with E-state index in [0.717, 1.165) is 0 Å². The van der Waals surface area contributed by atoms with Crippen LogP contribution in [0.1, 0.15) is 12.8 Å². The van der Waals surface area contributed by atoms with Crippen molar-refractivity contribution < 1.29 is 28.5 Å². The van der Waals surface area contributed by atoms with Crippen molar-refractivity contribution in [2.75, 3.05) is 26.4 Å². The summed E-state index contributed by atoms with van der Waals surface area (Å²) in [4.78, 5) is 22.0. The molecule has 0 aliphatic rings. The van der Waals surface area contributed by atoms with Gasteiger partial charge in [0, 0.05) is 0 Å². The van der Waals surface area contributed by atoms with Crippen LogP contribution in [-0.2, 0) is 18.9 Å². The van der Waals surface area contributed by atoms with Gasteiger partial charge in [-0.1, -0.05) is 25.3 Å². The zero-order valence-corrected chi connectivity index (χ0v) is 11.5. The predicted octanol–water partition coefficient (Wildman–Crippen LogP) is 2.90. The molecule has 113 valence electrons. The number of ether oxygens (including phenoxy) is 4. The summed E-state index contributed by atoms with van der Waals surface area (Å²) >= 11 is 0. The van der Waals surface area contributed by atoms with Crippen molar-refractivity contribution >= 4 is 12.3 Å². The van der Waals surface area contributed by atoms with Gasteiger partial charge in [-0.25, -0.2) is 9.59 Å². The van der Waals surface area contributed by atoms with E-state index in [4.69, 9.17) is 9.47 Å². The van der Waals surface area contributed by atoms with Gasteiger partial charge in [-0.15, -0.1) is 0 Å². The predicted molar refractivity (Wildman–Crippen MR) is 73.1 cm³/mol. The molecule has 0 aliphatic heterocycles. The molecule has 0 heterocycles. The first-order valence-electron chi connectivity index (χ1n) is 6.24. The maximum absolute atomic E-state index is 11.0. The Morgan fingerprint density at radius 3 is 1.60 bits per heavy atom.